The number of aryl methyl sites for hydroxylation is 1. The van der Waals surface area contributed by atoms with Gasteiger partial charge in [-0.1, -0.05) is 36.4 Å². The van der Waals surface area contributed by atoms with E-state index >= 15 is 0 Å². The summed E-state index contributed by atoms with van der Waals surface area (Å²) in [5.74, 6) is -0.00305. The zero-order chi connectivity index (χ0) is 18.8. The normalized spacial score (nSPS) is 15.8. The van der Waals surface area contributed by atoms with Gasteiger partial charge in [-0.15, -0.1) is 0 Å². The van der Waals surface area contributed by atoms with Crippen LogP contribution in [-0.2, 0) is 17.6 Å². The maximum Gasteiger partial charge on any atom is 0.306 e. The average Bonchev–Trinajstić information content (AvgIpc) is 2.68. The summed E-state index contributed by atoms with van der Waals surface area (Å²) < 4.78 is 19.3. The minimum absolute atomic E-state index is 0.278. The number of carboxylic acid groups (broad SMARTS) is 1. The molecule has 0 bridgehead atoms. The van der Waals surface area contributed by atoms with Crippen molar-refractivity contribution in [3.63, 3.8) is 0 Å². The van der Waals surface area contributed by atoms with E-state index in [1.807, 2.05) is 42.5 Å². The topological polar surface area (TPSA) is 46.5 Å². The lowest BCUT2D eigenvalue weighted by Crippen LogP contribution is -2.22. The molecule has 0 saturated carbocycles. The lowest BCUT2D eigenvalue weighted by molar-refractivity contribution is -0.142. The Balaban J connectivity index is 1.63. The molecule has 1 aliphatic carbocycles. The molecule has 3 aromatic carbocycles. The summed E-state index contributed by atoms with van der Waals surface area (Å²) in [6.07, 6.45) is 1.98. The molecule has 3 aromatic rings. The van der Waals surface area contributed by atoms with Gasteiger partial charge in [0.2, 0.25) is 0 Å². The molecular weight excluding hydrogens is 343 g/mol. The van der Waals surface area contributed by atoms with Gasteiger partial charge < -0.3 is 9.84 Å². The predicted octanol–water partition coefficient (Wildman–Crippen LogP) is 5.47. The number of carboxylic acids is 1. The number of aliphatic carboxylic acids is 1. The van der Waals surface area contributed by atoms with Gasteiger partial charge in [0, 0.05) is 5.56 Å². The standard InChI is InChI=1S/C23H19FO3/c24-19-10-7-16(8-11-19)21-3-1-2-4-22(21)27-20-12-9-15-5-6-17(23(25)26)13-18(15)14-20/h1-4,7-12,14,17H,5-6,13H2,(H,25,26). The predicted molar refractivity (Wildman–Crippen MR) is 102 cm³/mol. The number of ether oxygens (including phenoxy) is 1. The number of halogens is 1. The highest BCUT2D eigenvalue weighted by Crippen LogP contribution is 2.35. The van der Waals surface area contributed by atoms with Gasteiger partial charge in [-0.2, -0.15) is 0 Å². The molecule has 0 heterocycles. The maximum absolute atomic E-state index is 13.2. The van der Waals surface area contributed by atoms with Crippen molar-refractivity contribution >= 4 is 5.97 Å². The van der Waals surface area contributed by atoms with E-state index in [0.29, 0.717) is 24.3 Å². The molecule has 3 nitrogen and oxygen atoms in total. The van der Waals surface area contributed by atoms with E-state index in [0.717, 1.165) is 23.1 Å². The molecule has 1 unspecified atom stereocenters. The van der Waals surface area contributed by atoms with Crippen LogP contribution in [0.15, 0.2) is 66.7 Å². The molecule has 4 heteroatoms. The second kappa shape index (κ2) is 7.23. The second-order valence-electron chi connectivity index (χ2n) is 6.81. The lowest BCUT2D eigenvalue weighted by Gasteiger charge is -2.22. The Hall–Kier alpha value is -3.14. The first-order valence-electron chi connectivity index (χ1n) is 8.97. The van der Waals surface area contributed by atoms with E-state index in [1.54, 1.807) is 12.1 Å². The first-order chi connectivity index (χ1) is 13.1. The van der Waals surface area contributed by atoms with Gasteiger partial charge in [0.05, 0.1) is 5.92 Å². The van der Waals surface area contributed by atoms with E-state index in [1.165, 1.54) is 17.7 Å². The molecule has 1 aliphatic rings. The molecule has 0 amide bonds. The quantitative estimate of drug-likeness (QED) is 0.669. The van der Waals surface area contributed by atoms with E-state index in [4.69, 9.17) is 4.74 Å². The van der Waals surface area contributed by atoms with Crippen LogP contribution < -0.4 is 4.74 Å². The first kappa shape index (κ1) is 17.3. The fraction of sp³-hybridized carbons (Fsp3) is 0.174. The maximum atomic E-state index is 13.2. The number of hydrogen-bond donors (Lipinski definition) is 1. The SMILES string of the molecule is O=C(O)C1CCc2ccc(Oc3ccccc3-c3ccc(F)cc3)cc2C1. The summed E-state index contributed by atoms with van der Waals surface area (Å²) in [6.45, 7) is 0. The monoisotopic (exact) mass is 362 g/mol. The Bertz CT molecular complexity index is 979. The summed E-state index contributed by atoms with van der Waals surface area (Å²) in [4.78, 5) is 11.3. The summed E-state index contributed by atoms with van der Waals surface area (Å²) in [5.41, 5.74) is 3.96. The van der Waals surface area contributed by atoms with Crippen LogP contribution >= 0.6 is 0 Å². The van der Waals surface area contributed by atoms with Gasteiger partial charge in [0.15, 0.2) is 0 Å². The van der Waals surface area contributed by atoms with E-state index in [9.17, 15) is 14.3 Å². The number of benzene rings is 3. The van der Waals surface area contributed by atoms with Crippen LogP contribution in [0.4, 0.5) is 4.39 Å². The Morgan fingerprint density at radius 3 is 2.56 bits per heavy atom. The summed E-state index contributed by atoms with van der Waals surface area (Å²) in [5, 5.41) is 9.29. The summed E-state index contributed by atoms with van der Waals surface area (Å²) in [6, 6.07) is 19.8. The molecule has 0 aliphatic heterocycles. The van der Waals surface area contributed by atoms with Gasteiger partial charge in [-0.3, -0.25) is 4.79 Å². The molecule has 1 atom stereocenters. The van der Waals surface area contributed by atoms with Gasteiger partial charge >= 0.3 is 5.97 Å². The molecule has 136 valence electrons. The molecular formula is C23H19FO3. The Morgan fingerprint density at radius 2 is 1.78 bits per heavy atom. The van der Waals surface area contributed by atoms with Crippen LogP contribution in [-0.4, -0.2) is 11.1 Å². The Morgan fingerprint density at radius 1 is 1.00 bits per heavy atom. The Labute approximate surface area is 157 Å². The van der Waals surface area contributed by atoms with Crippen molar-refractivity contribution in [1.82, 2.24) is 0 Å². The van der Waals surface area contributed by atoms with Crippen molar-refractivity contribution in [2.24, 2.45) is 5.92 Å². The van der Waals surface area contributed by atoms with Crippen LogP contribution in [0, 0.1) is 11.7 Å². The van der Waals surface area contributed by atoms with Crippen LogP contribution in [0.25, 0.3) is 11.1 Å². The van der Waals surface area contributed by atoms with Crippen LogP contribution in [0.1, 0.15) is 17.5 Å². The zero-order valence-electron chi connectivity index (χ0n) is 14.7. The van der Waals surface area contributed by atoms with E-state index < -0.39 is 5.97 Å². The van der Waals surface area contributed by atoms with E-state index in [-0.39, 0.29) is 11.7 Å². The number of fused-ring (bicyclic) bond motifs is 1. The third-order valence-electron chi connectivity index (χ3n) is 5.03. The highest BCUT2D eigenvalue weighted by Gasteiger charge is 2.24. The number of para-hydroxylation sites is 1. The smallest absolute Gasteiger partial charge is 0.306 e. The fourth-order valence-corrected chi connectivity index (χ4v) is 3.56. The lowest BCUT2D eigenvalue weighted by atomic mass is 9.84. The largest absolute Gasteiger partial charge is 0.481 e. The van der Waals surface area contributed by atoms with Gasteiger partial charge in [0.1, 0.15) is 17.3 Å². The number of rotatable bonds is 4. The summed E-state index contributed by atoms with van der Waals surface area (Å²) >= 11 is 0. The molecule has 27 heavy (non-hydrogen) atoms. The fourth-order valence-electron chi connectivity index (χ4n) is 3.56. The van der Waals surface area contributed by atoms with Crippen molar-refractivity contribution in [3.8, 4) is 22.6 Å². The van der Waals surface area contributed by atoms with Gasteiger partial charge in [0.25, 0.3) is 0 Å². The number of carbonyl (C=O) groups is 1. The highest BCUT2D eigenvalue weighted by atomic mass is 19.1. The van der Waals surface area contributed by atoms with Crippen molar-refractivity contribution in [2.45, 2.75) is 19.3 Å². The van der Waals surface area contributed by atoms with Crippen LogP contribution in [0.3, 0.4) is 0 Å². The Kier molecular flexibility index (Phi) is 4.63. The van der Waals surface area contributed by atoms with Crippen molar-refractivity contribution in [1.29, 1.82) is 0 Å². The van der Waals surface area contributed by atoms with Crippen LogP contribution in [0.2, 0.25) is 0 Å². The van der Waals surface area contributed by atoms with Gasteiger partial charge in [-0.05, 0) is 66.3 Å². The first-order valence-corrected chi connectivity index (χ1v) is 8.97. The molecule has 0 radical (unpaired) electrons. The summed E-state index contributed by atoms with van der Waals surface area (Å²) in [7, 11) is 0. The molecule has 1 N–H and O–H groups in total. The third kappa shape index (κ3) is 3.70. The van der Waals surface area contributed by atoms with E-state index in [2.05, 4.69) is 0 Å². The van der Waals surface area contributed by atoms with Crippen molar-refractivity contribution < 1.29 is 19.0 Å². The molecule has 4 rings (SSSR count). The number of hydrogen-bond acceptors (Lipinski definition) is 2. The average molecular weight is 362 g/mol. The molecule has 0 saturated heterocycles. The molecule has 0 fully saturated rings. The van der Waals surface area contributed by atoms with Crippen LogP contribution in [0.5, 0.6) is 11.5 Å². The molecule has 0 spiro atoms. The molecule has 0 aromatic heterocycles. The van der Waals surface area contributed by atoms with Gasteiger partial charge in [-0.25, -0.2) is 4.39 Å². The zero-order valence-corrected chi connectivity index (χ0v) is 14.7. The minimum Gasteiger partial charge on any atom is -0.481 e. The minimum atomic E-state index is -0.742. The van der Waals surface area contributed by atoms with Crippen molar-refractivity contribution in [2.75, 3.05) is 0 Å². The second-order valence-corrected chi connectivity index (χ2v) is 6.81. The third-order valence-corrected chi connectivity index (χ3v) is 5.03. The van der Waals surface area contributed by atoms with Crippen molar-refractivity contribution in [3.05, 3.63) is 83.7 Å². The highest BCUT2D eigenvalue weighted by molar-refractivity contribution is 5.72.